The van der Waals surface area contributed by atoms with E-state index in [1.54, 1.807) is 48.5 Å². The zero-order valence-corrected chi connectivity index (χ0v) is 13.7. The quantitative estimate of drug-likeness (QED) is 0.454. The van der Waals surface area contributed by atoms with Crippen molar-refractivity contribution in [2.24, 2.45) is 0 Å². The molecule has 1 atom stereocenters. The molecule has 0 saturated carbocycles. The van der Waals surface area contributed by atoms with Gasteiger partial charge in [0.05, 0.1) is 5.88 Å². The second kappa shape index (κ2) is 8.97. The smallest absolute Gasteiger partial charge is 0.193 e. The molecule has 0 radical (unpaired) electrons. The fourth-order valence-electron chi connectivity index (χ4n) is 1.93. The highest BCUT2D eigenvalue weighted by Crippen LogP contribution is 2.18. The van der Waals surface area contributed by atoms with Gasteiger partial charge in [-0.05, 0) is 48.5 Å². The van der Waals surface area contributed by atoms with Gasteiger partial charge in [-0.2, -0.15) is 0 Å². The van der Waals surface area contributed by atoms with Gasteiger partial charge in [-0.3, -0.25) is 4.79 Å². The number of carbonyl (C=O) groups is 1. The molecule has 0 amide bonds. The third kappa shape index (κ3) is 5.02. The lowest BCUT2D eigenvalue weighted by Gasteiger charge is -2.10. The first-order valence-corrected chi connectivity index (χ1v) is 7.85. The Labute approximate surface area is 146 Å². The molecule has 1 unspecified atom stereocenters. The molecule has 2 aromatic rings. The van der Waals surface area contributed by atoms with Crippen LogP contribution in [0.2, 0.25) is 0 Å². The monoisotopic (exact) mass is 344 g/mol. The first kappa shape index (κ1) is 17.9. The minimum absolute atomic E-state index is 0.106. The van der Waals surface area contributed by atoms with E-state index in [0.717, 1.165) is 0 Å². The molecule has 2 rings (SSSR count). The van der Waals surface area contributed by atoms with Crippen LogP contribution in [0, 0.1) is 12.3 Å². The predicted octanol–water partition coefficient (Wildman–Crippen LogP) is 2.91. The minimum Gasteiger partial charge on any atom is -0.491 e. The molecule has 124 valence electrons. The van der Waals surface area contributed by atoms with Gasteiger partial charge in [0.2, 0.25) is 0 Å². The van der Waals surface area contributed by atoms with Crippen molar-refractivity contribution >= 4 is 17.4 Å². The second-order valence-corrected chi connectivity index (χ2v) is 5.30. The SMILES string of the molecule is C#CCOc1ccc(C(=O)c2ccc(OCC(O)CCl)cc2)cc1. The van der Waals surface area contributed by atoms with Crippen molar-refractivity contribution in [1.29, 1.82) is 0 Å². The van der Waals surface area contributed by atoms with E-state index in [0.29, 0.717) is 22.6 Å². The number of carbonyl (C=O) groups excluding carboxylic acids is 1. The van der Waals surface area contributed by atoms with E-state index in [2.05, 4.69) is 5.92 Å². The van der Waals surface area contributed by atoms with Crippen molar-refractivity contribution < 1.29 is 19.4 Å². The lowest BCUT2D eigenvalue weighted by molar-refractivity contribution is 0.103. The Morgan fingerprint density at radius 1 is 1.04 bits per heavy atom. The van der Waals surface area contributed by atoms with E-state index < -0.39 is 6.10 Å². The summed E-state index contributed by atoms with van der Waals surface area (Å²) in [6.45, 7) is 0.295. The number of terminal acetylenes is 1. The van der Waals surface area contributed by atoms with Gasteiger partial charge in [0, 0.05) is 11.1 Å². The van der Waals surface area contributed by atoms with Crippen LogP contribution in [-0.4, -0.2) is 36.1 Å². The summed E-state index contributed by atoms with van der Waals surface area (Å²) < 4.78 is 10.6. The Morgan fingerprint density at radius 2 is 1.54 bits per heavy atom. The molecule has 0 bridgehead atoms. The van der Waals surface area contributed by atoms with Gasteiger partial charge in [-0.1, -0.05) is 5.92 Å². The summed E-state index contributed by atoms with van der Waals surface area (Å²) in [6.07, 6.45) is 4.41. The van der Waals surface area contributed by atoms with Crippen molar-refractivity contribution in [3.8, 4) is 23.8 Å². The Morgan fingerprint density at radius 3 is 2.00 bits per heavy atom. The lowest BCUT2D eigenvalue weighted by atomic mass is 10.0. The zero-order chi connectivity index (χ0) is 17.4. The average molecular weight is 345 g/mol. The maximum absolute atomic E-state index is 12.4. The third-order valence-electron chi connectivity index (χ3n) is 3.18. The standard InChI is InChI=1S/C19H17ClO4/c1-2-11-23-17-7-3-14(4-8-17)19(22)15-5-9-18(10-6-15)24-13-16(21)12-20/h1,3-10,16,21H,11-13H2. The van der Waals surface area contributed by atoms with Crippen molar-refractivity contribution in [2.75, 3.05) is 19.1 Å². The molecule has 24 heavy (non-hydrogen) atoms. The molecule has 2 aromatic carbocycles. The summed E-state index contributed by atoms with van der Waals surface area (Å²) in [7, 11) is 0. The molecule has 0 heterocycles. The van der Waals surface area contributed by atoms with Crippen molar-refractivity contribution in [1.82, 2.24) is 0 Å². The summed E-state index contributed by atoms with van der Waals surface area (Å²) in [4.78, 5) is 12.4. The lowest BCUT2D eigenvalue weighted by Crippen LogP contribution is -2.18. The van der Waals surface area contributed by atoms with Crippen molar-refractivity contribution in [2.45, 2.75) is 6.10 Å². The Balaban J connectivity index is 2.00. The maximum atomic E-state index is 12.4. The average Bonchev–Trinajstić information content (AvgIpc) is 2.64. The molecule has 1 N–H and O–H groups in total. The fraction of sp³-hybridized carbons (Fsp3) is 0.211. The first-order valence-electron chi connectivity index (χ1n) is 7.32. The van der Waals surface area contributed by atoms with E-state index in [1.165, 1.54) is 0 Å². The topological polar surface area (TPSA) is 55.8 Å². The number of aliphatic hydroxyl groups is 1. The number of ketones is 1. The van der Waals surface area contributed by atoms with E-state index in [4.69, 9.17) is 27.5 Å². The van der Waals surface area contributed by atoms with Gasteiger partial charge in [-0.25, -0.2) is 0 Å². The number of rotatable bonds is 8. The highest BCUT2D eigenvalue weighted by atomic mass is 35.5. The number of alkyl halides is 1. The van der Waals surface area contributed by atoms with E-state index >= 15 is 0 Å². The maximum Gasteiger partial charge on any atom is 0.193 e. The molecule has 0 aliphatic rings. The van der Waals surface area contributed by atoms with E-state index in [9.17, 15) is 9.90 Å². The van der Waals surface area contributed by atoms with E-state index in [-0.39, 0.29) is 24.9 Å². The molecular formula is C19H17ClO4. The summed E-state index contributed by atoms with van der Waals surface area (Å²) in [6, 6.07) is 13.5. The minimum atomic E-state index is -0.719. The molecule has 0 saturated heterocycles. The number of hydrogen-bond donors (Lipinski definition) is 1. The molecule has 0 aliphatic heterocycles. The number of aliphatic hydroxyl groups excluding tert-OH is 1. The van der Waals surface area contributed by atoms with Crippen LogP contribution in [0.15, 0.2) is 48.5 Å². The number of halogens is 1. The second-order valence-electron chi connectivity index (χ2n) is 4.99. The summed E-state index contributed by atoms with van der Waals surface area (Å²) >= 11 is 5.50. The van der Waals surface area contributed by atoms with Crippen LogP contribution in [0.1, 0.15) is 15.9 Å². The normalized spacial score (nSPS) is 11.4. The molecule has 5 heteroatoms. The van der Waals surface area contributed by atoms with Crippen molar-refractivity contribution in [3.05, 3.63) is 59.7 Å². The van der Waals surface area contributed by atoms with Crippen LogP contribution in [0.4, 0.5) is 0 Å². The Bertz CT molecular complexity index is 702. The largest absolute Gasteiger partial charge is 0.491 e. The van der Waals surface area contributed by atoms with Crippen LogP contribution in [0.3, 0.4) is 0 Å². The molecule has 0 spiro atoms. The third-order valence-corrected chi connectivity index (χ3v) is 3.53. The van der Waals surface area contributed by atoms with Crippen LogP contribution in [0.5, 0.6) is 11.5 Å². The summed E-state index contributed by atoms with van der Waals surface area (Å²) in [5.74, 6) is 3.57. The number of ether oxygens (including phenoxy) is 2. The summed E-state index contributed by atoms with van der Waals surface area (Å²) in [5.41, 5.74) is 1.09. The Kier molecular flexibility index (Phi) is 6.68. The summed E-state index contributed by atoms with van der Waals surface area (Å²) in [5, 5.41) is 9.35. The highest BCUT2D eigenvalue weighted by molar-refractivity contribution is 6.18. The zero-order valence-electron chi connectivity index (χ0n) is 12.9. The Hall–Kier alpha value is -2.48. The van der Waals surface area contributed by atoms with Crippen LogP contribution in [-0.2, 0) is 0 Å². The van der Waals surface area contributed by atoms with Crippen LogP contribution >= 0.6 is 11.6 Å². The molecule has 0 fully saturated rings. The van der Waals surface area contributed by atoms with Gasteiger partial charge in [0.25, 0.3) is 0 Å². The van der Waals surface area contributed by atoms with E-state index in [1.807, 2.05) is 0 Å². The van der Waals surface area contributed by atoms with Gasteiger partial charge in [0.1, 0.15) is 30.8 Å². The van der Waals surface area contributed by atoms with Crippen LogP contribution < -0.4 is 9.47 Å². The first-order chi connectivity index (χ1) is 11.6. The van der Waals surface area contributed by atoms with Gasteiger partial charge < -0.3 is 14.6 Å². The highest BCUT2D eigenvalue weighted by Gasteiger charge is 2.10. The molecule has 4 nitrogen and oxygen atoms in total. The molecule has 0 aliphatic carbocycles. The van der Waals surface area contributed by atoms with Crippen LogP contribution in [0.25, 0.3) is 0 Å². The predicted molar refractivity (Wildman–Crippen MR) is 92.9 cm³/mol. The van der Waals surface area contributed by atoms with Gasteiger partial charge in [0.15, 0.2) is 5.78 Å². The number of benzene rings is 2. The number of hydrogen-bond acceptors (Lipinski definition) is 4. The fourth-order valence-corrected chi connectivity index (χ4v) is 2.02. The van der Waals surface area contributed by atoms with Gasteiger partial charge >= 0.3 is 0 Å². The van der Waals surface area contributed by atoms with Crippen molar-refractivity contribution in [3.63, 3.8) is 0 Å². The molecular weight excluding hydrogens is 328 g/mol. The van der Waals surface area contributed by atoms with Gasteiger partial charge in [-0.15, -0.1) is 18.0 Å². The molecule has 0 aromatic heterocycles.